The molecule has 0 aliphatic heterocycles. The Balaban J connectivity index is 2.58. The number of carbonyl (C=O) groups is 1. The van der Waals surface area contributed by atoms with Gasteiger partial charge in [-0.3, -0.25) is 0 Å². The highest BCUT2D eigenvalue weighted by Gasteiger charge is 2.18. The number of nitrogens with zero attached hydrogens (tertiary/aromatic N) is 2. The molecule has 23 heavy (non-hydrogen) atoms. The van der Waals surface area contributed by atoms with Crippen LogP contribution in [-0.4, -0.2) is 49.0 Å². The number of carbonyl (C=O) groups excluding carboxylic acids is 1. The maximum absolute atomic E-state index is 11.7. The van der Waals surface area contributed by atoms with Crippen molar-refractivity contribution in [2.45, 2.75) is 25.8 Å². The molecule has 0 bridgehead atoms. The fraction of sp³-hybridized carbons (Fsp3) is 0.615. The third-order valence-corrected chi connectivity index (χ3v) is 3.29. The molecule has 0 saturated heterocycles. The van der Waals surface area contributed by atoms with E-state index >= 15 is 0 Å². The van der Waals surface area contributed by atoms with Gasteiger partial charge in [0.1, 0.15) is 6.61 Å². The second-order valence-corrected chi connectivity index (χ2v) is 5.55. The molecule has 1 amide bonds. The van der Waals surface area contributed by atoms with E-state index < -0.39 is 12.1 Å². The molecule has 0 radical (unpaired) electrons. The minimum atomic E-state index is -0.548. The van der Waals surface area contributed by atoms with Crippen LogP contribution in [0.5, 0.6) is 5.75 Å². The number of hydrogen-bond donors (Lipinski definition) is 1. The highest BCUT2D eigenvalue weighted by atomic mass is 35.5. The van der Waals surface area contributed by atoms with Crippen molar-refractivity contribution >= 4 is 40.9 Å². The Morgan fingerprint density at radius 3 is 2.43 bits per heavy atom. The van der Waals surface area contributed by atoms with E-state index in [9.17, 15) is 4.79 Å². The maximum atomic E-state index is 11.7. The highest BCUT2D eigenvalue weighted by Crippen LogP contribution is 2.30. The van der Waals surface area contributed by atoms with Crippen molar-refractivity contribution in [1.82, 2.24) is 15.3 Å². The third kappa shape index (κ3) is 7.39. The average molecular weight is 387 g/mol. The van der Waals surface area contributed by atoms with Crippen molar-refractivity contribution in [2.75, 3.05) is 26.9 Å². The summed E-state index contributed by atoms with van der Waals surface area (Å²) in [4.78, 5) is 19.1. The minimum Gasteiger partial charge on any atom is -0.485 e. The topological polar surface area (TPSA) is 82.6 Å². The van der Waals surface area contributed by atoms with E-state index in [4.69, 9.17) is 49.0 Å². The van der Waals surface area contributed by atoms with Crippen LogP contribution in [0.4, 0.5) is 4.79 Å². The first-order valence-electron chi connectivity index (χ1n) is 6.91. The molecule has 0 aliphatic carbocycles. The number of amides is 1. The van der Waals surface area contributed by atoms with Gasteiger partial charge in [0.25, 0.3) is 0 Å². The lowest BCUT2D eigenvalue weighted by atomic mass is 10.3. The lowest BCUT2D eigenvalue weighted by Crippen LogP contribution is -2.42. The predicted molar refractivity (Wildman–Crippen MR) is 87.6 cm³/mol. The molecule has 7 nitrogen and oxygen atoms in total. The van der Waals surface area contributed by atoms with Crippen LogP contribution in [0.3, 0.4) is 0 Å². The van der Waals surface area contributed by atoms with Crippen molar-refractivity contribution in [3.8, 4) is 5.75 Å². The summed E-state index contributed by atoms with van der Waals surface area (Å²) in [6.45, 7) is 2.61. The van der Waals surface area contributed by atoms with E-state index in [2.05, 4.69) is 15.3 Å². The number of hydrogen-bond acceptors (Lipinski definition) is 6. The van der Waals surface area contributed by atoms with Gasteiger partial charge in [0, 0.05) is 7.11 Å². The van der Waals surface area contributed by atoms with Crippen LogP contribution in [0, 0.1) is 0 Å². The van der Waals surface area contributed by atoms with Crippen molar-refractivity contribution in [3.63, 3.8) is 0 Å². The molecule has 0 fully saturated rings. The fourth-order valence-corrected chi connectivity index (χ4v) is 2.28. The number of aromatic nitrogens is 2. The van der Waals surface area contributed by atoms with Crippen LogP contribution in [0.2, 0.25) is 15.6 Å². The summed E-state index contributed by atoms with van der Waals surface area (Å²) < 4.78 is 15.5. The van der Waals surface area contributed by atoms with Crippen molar-refractivity contribution < 1.29 is 19.0 Å². The zero-order valence-corrected chi connectivity index (χ0v) is 15.0. The average Bonchev–Trinajstić information content (AvgIpc) is 2.46. The summed E-state index contributed by atoms with van der Waals surface area (Å²) >= 11 is 17.4. The molecule has 1 rings (SSSR count). The van der Waals surface area contributed by atoms with Gasteiger partial charge >= 0.3 is 6.09 Å². The van der Waals surface area contributed by atoms with Crippen LogP contribution >= 0.6 is 34.8 Å². The van der Waals surface area contributed by atoms with Gasteiger partial charge in [0.2, 0.25) is 5.28 Å². The second-order valence-electron chi connectivity index (χ2n) is 4.50. The van der Waals surface area contributed by atoms with E-state index in [1.54, 1.807) is 0 Å². The van der Waals surface area contributed by atoms with E-state index in [1.807, 2.05) is 6.92 Å². The smallest absolute Gasteiger partial charge is 0.407 e. The molecule has 1 aromatic rings. The number of ether oxygens (including phenoxy) is 3. The number of nitrogens with one attached hydrogen (secondary N) is 1. The van der Waals surface area contributed by atoms with Crippen molar-refractivity contribution in [2.24, 2.45) is 0 Å². The molecule has 10 heteroatoms. The largest absolute Gasteiger partial charge is 0.485 e. The first-order valence-corrected chi connectivity index (χ1v) is 8.04. The summed E-state index contributed by atoms with van der Waals surface area (Å²) in [6, 6.07) is -0.461. The Bertz CT molecular complexity index is 496. The van der Waals surface area contributed by atoms with Gasteiger partial charge in [0.15, 0.2) is 16.1 Å². The minimum absolute atomic E-state index is 0.0170. The van der Waals surface area contributed by atoms with E-state index in [1.165, 1.54) is 7.11 Å². The Morgan fingerprint density at radius 1 is 1.22 bits per heavy atom. The lowest BCUT2D eigenvalue weighted by molar-refractivity contribution is 0.110. The van der Waals surface area contributed by atoms with Crippen LogP contribution in [0.15, 0.2) is 0 Å². The molecular formula is C13H18Cl3N3O4. The standard InChI is InChI=1S/C13H18Cl3N3O4/c1-3-4-5-22-13(20)17-8(6-21-2)7-23-9-10(14)18-12(16)19-11(9)15/h8H,3-7H2,1-2H3,(H,17,20)/t8-/m1/s1. The van der Waals surface area contributed by atoms with Crippen LogP contribution in [0.1, 0.15) is 19.8 Å². The Hall–Kier alpha value is -1.02. The molecular weight excluding hydrogens is 369 g/mol. The van der Waals surface area contributed by atoms with Crippen molar-refractivity contribution in [3.05, 3.63) is 15.6 Å². The van der Waals surface area contributed by atoms with E-state index in [0.717, 1.165) is 12.8 Å². The van der Waals surface area contributed by atoms with Gasteiger partial charge in [-0.15, -0.1) is 0 Å². The highest BCUT2D eigenvalue weighted by molar-refractivity contribution is 6.37. The van der Waals surface area contributed by atoms with Gasteiger partial charge in [-0.25, -0.2) is 14.8 Å². The van der Waals surface area contributed by atoms with Crippen LogP contribution in [-0.2, 0) is 9.47 Å². The maximum Gasteiger partial charge on any atom is 0.407 e. The Labute approximate surface area is 149 Å². The normalized spacial score (nSPS) is 11.9. The SMILES string of the molecule is CCCCOC(=O)N[C@H](COC)COc1c(Cl)nc(Cl)nc1Cl. The van der Waals surface area contributed by atoms with Gasteiger partial charge in [-0.05, 0) is 18.0 Å². The number of unbranched alkanes of at least 4 members (excludes halogenated alkanes) is 1. The van der Waals surface area contributed by atoms with Gasteiger partial charge < -0.3 is 19.5 Å². The molecule has 0 unspecified atom stereocenters. The van der Waals surface area contributed by atoms with Crippen LogP contribution in [0.25, 0.3) is 0 Å². The molecule has 1 atom stereocenters. The van der Waals surface area contributed by atoms with E-state index in [-0.39, 0.29) is 34.6 Å². The Morgan fingerprint density at radius 2 is 1.87 bits per heavy atom. The molecule has 0 aliphatic rings. The lowest BCUT2D eigenvalue weighted by Gasteiger charge is -2.19. The monoisotopic (exact) mass is 385 g/mol. The summed E-state index contributed by atoms with van der Waals surface area (Å²) in [5.41, 5.74) is 0. The number of alkyl carbamates (subject to hydrolysis) is 1. The fourth-order valence-electron chi connectivity index (χ4n) is 1.53. The quantitative estimate of drug-likeness (QED) is 0.398. The van der Waals surface area contributed by atoms with Gasteiger partial charge in [-0.2, -0.15) is 0 Å². The second kappa shape index (κ2) is 10.7. The number of halogens is 3. The molecule has 0 aromatic carbocycles. The van der Waals surface area contributed by atoms with Crippen molar-refractivity contribution in [1.29, 1.82) is 0 Å². The molecule has 0 spiro atoms. The third-order valence-electron chi connectivity index (χ3n) is 2.61. The van der Waals surface area contributed by atoms with E-state index in [0.29, 0.717) is 6.61 Å². The zero-order chi connectivity index (χ0) is 17.2. The molecule has 1 heterocycles. The molecule has 1 N–H and O–H groups in total. The first kappa shape index (κ1) is 20.0. The summed E-state index contributed by atoms with van der Waals surface area (Å²) in [5.74, 6) is 0.0833. The number of methoxy groups -OCH3 is 1. The Kier molecular flexibility index (Phi) is 9.31. The predicted octanol–water partition coefficient (Wildman–Crippen LogP) is 3.36. The zero-order valence-electron chi connectivity index (χ0n) is 12.8. The molecule has 0 saturated carbocycles. The summed E-state index contributed by atoms with van der Waals surface area (Å²) in [6.07, 6.45) is 1.19. The molecule has 1 aromatic heterocycles. The summed E-state index contributed by atoms with van der Waals surface area (Å²) in [7, 11) is 1.50. The van der Waals surface area contributed by atoms with Gasteiger partial charge in [-0.1, -0.05) is 36.5 Å². The molecule has 130 valence electrons. The van der Waals surface area contributed by atoms with Gasteiger partial charge in [0.05, 0.1) is 19.3 Å². The summed E-state index contributed by atoms with van der Waals surface area (Å²) in [5, 5.41) is 2.51. The number of rotatable bonds is 9. The van der Waals surface area contributed by atoms with Crippen LogP contribution < -0.4 is 10.1 Å². The first-order chi connectivity index (χ1) is 11.0.